The maximum absolute atomic E-state index is 13.1. The van der Waals surface area contributed by atoms with Crippen molar-refractivity contribution in [3.8, 4) is 0 Å². The first-order chi connectivity index (χ1) is 50.9. The van der Waals surface area contributed by atoms with Gasteiger partial charge in [-0.15, -0.1) is 0 Å². The molecule has 19 heteroatoms. The number of phosphoric ester groups is 2. The van der Waals surface area contributed by atoms with E-state index in [9.17, 15) is 43.2 Å². The average Bonchev–Trinajstić information content (AvgIpc) is 0.909. The third-order valence-electron chi connectivity index (χ3n) is 20.6. The summed E-state index contributed by atoms with van der Waals surface area (Å²) in [6.45, 7) is 9.64. The minimum Gasteiger partial charge on any atom is -0.462 e. The van der Waals surface area contributed by atoms with Gasteiger partial charge in [-0.3, -0.25) is 37.3 Å². The van der Waals surface area contributed by atoms with Crippen molar-refractivity contribution in [3.63, 3.8) is 0 Å². The molecule has 3 unspecified atom stereocenters. The molecule has 0 bridgehead atoms. The van der Waals surface area contributed by atoms with E-state index in [-0.39, 0.29) is 25.7 Å². The molecule has 0 rings (SSSR count). The zero-order valence-corrected chi connectivity index (χ0v) is 70.8. The Hall–Kier alpha value is -1.94. The molecule has 0 radical (unpaired) electrons. The largest absolute Gasteiger partial charge is 0.472 e. The summed E-state index contributed by atoms with van der Waals surface area (Å²) in [5.41, 5.74) is 0. The summed E-state index contributed by atoms with van der Waals surface area (Å²) in [7, 11) is -9.93. The zero-order chi connectivity index (χ0) is 77.1. The number of rotatable bonds is 85. The number of hydrogen-bond acceptors (Lipinski definition) is 15. The van der Waals surface area contributed by atoms with Gasteiger partial charge in [0.25, 0.3) is 0 Å². The average molecular weight is 1540 g/mol. The molecular formula is C86H168O17P2. The molecule has 0 heterocycles. The van der Waals surface area contributed by atoms with Crippen LogP contribution in [0.1, 0.15) is 459 Å². The van der Waals surface area contributed by atoms with E-state index in [1.54, 1.807) is 0 Å². The Morgan fingerprint density at radius 3 is 0.724 bits per heavy atom. The number of phosphoric acid groups is 2. The van der Waals surface area contributed by atoms with Crippen LogP contribution < -0.4 is 0 Å². The highest BCUT2D eigenvalue weighted by molar-refractivity contribution is 7.47. The Kier molecular flexibility index (Phi) is 76.0. The van der Waals surface area contributed by atoms with Gasteiger partial charge < -0.3 is 33.8 Å². The van der Waals surface area contributed by atoms with Crippen LogP contribution in [0.2, 0.25) is 0 Å². The molecule has 0 aromatic carbocycles. The van der Waals surface area contributed by atoms with Gasteiger partial charge in [-0.25, -0.2) is 9.13 Å². The Morgan fingerprint density at radius 2 is 0.486 bits per heavy atom. The fourth-order valence-corrected chi connectivity index (χ4v) is 15.0. The van der Waals surface area contributed by atoms with Gasteiger partial charge in [-0.2, -0.15) is 0 Å². The molecule has 0 aliphatic carbocycles. The first kappa shape index (κ1) is 103. The molecule has 0 saturated carbocycles. The highest BCUT2D eigenvalue weighted by Crippen LogP contribution is 2.45. The molecule has 0 aliphatic rings. The molecule has 3 N–H and O–H groups in total. The quantitative estimate of drug-likeness (QED) is 0.0222. The van der Waals surface area contributed by atoms with Crippen molar-refractivity contribution in [1.29, 1.82) is 0 Å². The molecule has 0 spiro atoms. The van der Waals surface area contributed by atoms with E-state index >= 15 is 0 Å². The van der Waals surface area contributed by atoms with Gasteiger partial charge in [0.15, 0.2) is 12.2 Å². The first-order valence-corrected chi connectivity index (χ1v) is 47.5. The second kappa shape index (κ2) is 77.4. The Labute approximate surface area is 645 Å². The third-order valence-corrected chi connectivity index (χ3v) is 22.5. The van der Waals surface area contributed by atoms with Crippen LogP contribution >= 0.6 is 15.6 Å². The summed E-state index contributed by atoms with van der Waals surface area (Å²) in [4.78, 5) is 73.2. The smallest absolute Gasteiger partial charge is 0.462 e. The second-order valence-electron chi connectivity index (χ2n) is 31.6. The van der Waals surface area contributed by atoms with Crippen molar-refractivity contribution >= 4 is 39.5 Å². The number of hydrogen-bond donors (Lipinski definition) is 3. The predicted molar refractivity (Wildman–Crippen MR) is 432 cm³/mol. The SMILES string of the molecule is CCCCCCCCCCCCCCCCCCCCCCCCC(=O)O[C@H](COC(=O)CCCCCCCCCCCCCCCCC(C)CC)COP(=O)(O)OC[C@@H](O)COP(=O)(O)OC[C@@H](COC(=O)CCCCCCCCC(C)C)OC(=O)CCCCCCCCCCCCCCCCCC. The van der Waals surface area contributed by atoms with Crippen molar-refractivity contribution in [3.05, 3.63) is 0 Å². The highest BCUT2D eigenvalue weighted by atomic mass is 31.2. The van der Waals surface area contributed by atoms with E-state index in [1.165, 1.54) is 270 Å². The van der Waals surface area contributed by atoms with Gasteiger partial charge in [0.1, 0.15) is 19.3 Å². The van der Waals surface area contributed by atoms with Crippen LogP contribution in [-0.4, -0.2) is 96.7 Å². The third kappa shape index (κ3) is 78.5. The first-order valence-electron chi connectivity index (χ1n) is 44.5. The van der Waals surface area contributed by atoms with Crippen molar-refractivity contribution in [2.24, 2.45) is 11.8 Å². The van der Waals surface area contributed by atoms with Crippen LogP contribution in [0, 0.1) is 11.8 Å². The number of esters is 4. The van der Waals surface area contributed by atoms with Gasteiger partial charge in [0.2, 0.25) is 0 Å². The maximum atomic E-state index is 13.1. The number of unbranched alkanes of at least 4 members (excludes halogenated alkanes) is 54. The Morgan fingerprint density at radius 1 is 0.276 bits per heavy atom. The van der Waals surface area contributed by atoms with Crippen molar-refractivity contribution in [2.75, 3.05) is 39.6 Å². The minimum atomic E-state index is -4.97. The topological polar surface area (TPSA) is 237 Å². The molecule has 0 aromatic rings. The summed E-state index contributed by atoms with van der Waals surface area (Å²) >= 11 is 0. The summed E-state index contributed by atoms with van der Waals surface area (Å²) < 4.78 is 68.8. The number of carbonyl (C=O) groups is 4. The molecule has 17 nitrogen and oxygen atoms in total. The molecule has 0 amide bonds. The number of aliphatic hydroxyl groups is 1. The van der Waals surface area contributed by atoms with Gasteiger partial charge >= 0.3 is 39.5 Å². The van der Waals surface area contributed by atoms with E-state index in [0.717, 1.165) is 102 Å². The summed E-state index contributed by atoms with van der Waals surface area (Å²) in [5.74, 6) is -0.576. The van der Waals surface area contributed by atoms with E-state index in [4.69, 9.17) is 37.0 Å². The van der Waals surface area contributed by atoms with E-state index < -0.39 is 97.5 Å². The molecule has 0 fully saturated rings. The maximum Gasteiger partial charge on any atom is 0.472 e. The van der Waals surface area contributed by atoms with Gasteiger partial charge in [0, 0.05) is 25.7 Å². The van der Waals surface area contributed by atoms with Crippen LogP contribution in [0.4, 0.5) is 0 Å². The molecule has 0 saturated heterocycles. The molecule has 0 aromatic heterocycles. The Balaban J connectivity index is 5.20. The van der Waals surface area contributed by atoms with Crippen LogP contribution in [-0.2, 0) is 65.4 Å². The van der Waals surface area contributed by atoms with Gasteiger partial charge in [-0.1, -0.05) is 408 Å². The zero-order valence-electron chi connectivity index (χ0n) is 69.0. The molecule has 105 heavy (non-hydrogen) atoms. The predicted octanol–water partition coefficient (Wildman–Crippen LogP) is 26.2. The van der Waals surface area contributed by atoms with E-state index in [1.807, 2.05) is 0 Å². The molecule has 0 aliphatic heterocycles. The van der Waals surface area contributed by atoms with Crippen LogP contribution in [0.15, 0.2) is 0 Å². The molecule has 624 valence electrons. The fraction of sp³-hybridized carbons (Fsp3) is 0.953. The molecule has 6 atom stereocenters. The summed E-state index contributed by atoms with van der Waals surface area (Å²) in [6, 6.07) is 0. The van der Waals surface area contributed by atoms with Gasteiger partial charge in [-0.05, 0) is 37.5 Å². The van der Waals surface area contributed by atoms with E-state index in [0.29, 0.717) is 31.6 Å². The van der Waals surface area contributed by atoms with Crippen LogP contribution in [0.25, 0.3) is 0 Å². The lowest BCUT2D eigenvalue weighted by Gasteiger charge is -2.21. The van der Waals surface area contributed by atoms with Crippen molar-refractivity contribution < 1.29 is 80.2 Å². The fourth-order valence-electron chi connectivity index (χ4n) is 13.4. The van der Waals surface area contributed by atoms with Crippen LogP contribution in [0.5, 0.6) is 0 Å². The molecular weight excluding hydrogens is 1370 g/mol. The van der Waals surface area contributed by atoms with E-state index in [2.05, 4.69) is 41.5 Å². The monoisotopic (exact) mass is 1540 g/mol. The van der Waals surface area contributed by atoms with Gasteiger partial charge in [0.05, 0.1) is 26.4 Å². The van der Waals surface area contributed by atoms with Crippen molar-refractivity contribution in [1.82, 2.24) is 0 Å². The standard InChI is InChI=1S/C86H168O17P2/c1-7-10-12-14-16-18-20-22-24-26-27-28-29-30-31-33-39-43-47-51-59-65-70-85(90)102-81(74-96-83(88)68-62-56-49-45-41-37-35-34-36-40-44-48-55-61-67-79(6)9-3)76-100-104(92,93)98-72-80(87)73-99-105(94,95)101-77-82(75-97-84(89)69-63-57-53-52-54-60-66-78(4)5)103-86(91)71-64-58-50-46-42-38-32-25-23-21-19-17-15-13-11-8-2/h78-82,87H,7-77H2,1-6H3,(H,92,93)(H,94,95)/t79?,80-,81-,82-/m1/s1. The van der Waals surface area contributed by atoms with Crippen LogP contribution in [0.3, 0.4) is 0 Å². The minimum absolute atomic E-state index is 0.107. The number of ether oxygens (including phenoxy) is 4. The lowest BCUT2D eigenvalue weighted by atomic mass is 9.99. The highest BCUT2D eigenvalue weighted by Gasteiger charge is 2.30. The number of aliphatic hydroxyl groups excluding tert-OH is 1. The normalized spacial score (nSPS) is 14.1. The lowest BCUT2D eigenvalue weighted by Crippen LogP contribution is -2.30. The summed E-state index contributed by atoms with van der Waals surface area (Å²) in [6.07, 6.45) is 69.6. The number of carbonyl (C=O) groups excluding carboxylic acids is 4. The Bertz CT molecular complexity index is 2010. The van der Waals surface area contributed by atoms with Crippen molar-refractivity contribution in [2.45, 2.75) is 477 Å². The second-order valence-corrected chi connectivity index (χ2v) is 34.6. The lowest BCUT2D eigenvalue weighted by molar-refractivity contribution is -0.161. The summed E-state index contributed by atoms with van der Waals surface area (Å²) in [5, 5.41) is 10.7.